The Morgan fingerprint density at radius 3 is 2.40 bits per heavy atom. The smallest absolute Gasteiger partial charge is 0.323 e. The minimum absolute atomic E-state index is 0.143. The lowest BCUT2D eigenvalue weighted by atomic mass is 10.2. The van der Waals surface area contributed by atoms with Crippen LogP contribution in [0.3, 0.4) is 0 Å². The standard InChI is InChI=1S/C19H11Br2Cl2NO5S/c20-11-3-10(6-15-18(27)24(7-16(25)26)19(28)30-15)4-12(21)17(11)29-8-9-1-2-13(22)14(23)5-9/h1-6H,7-8H2,(H,25,26)/b15-6+. The number of hydrogen-bond acceptors (Lipinski definition) is 5. The van der Waals surface area contributed by atoms with Crippen molar-refractivity contribution in [3.05, 3.63) is 65.4 Å². The molecule has 2 amide bonds. The van der Waals surface area contributed by atoms with E-state index in [0.29, 0.717) is 47.0 Å². The molecule has 2 aromatic carbocycles. The van der Waals surface area contributed by atoms with Crippen LogP contribution in [-0.4, -0.2) is 33.7 Å². The van der Waals surface area contributed by atoms with Gasteiger partial charge in [0, 0.05) is 0 Å². The predicted octanol–water partition coefficient (Wildman–Crippen LogP) is 6.22. The molecule has 1 aliphatic rings. The Bertz CT molecular complexity index is 1070. The van der Waals surface area contributed by atoms with Crippen LogP contribution in [-0.2, 0) is 16.2 Å². The minimum atomic E-state index is -1.26. The SMILES string of the molecule is O=C(O)CN1C(=O)S/C(=C/c2cc(Br)c(OCc3ccc(Cl)c(Cl)c3)c(Br)c2)C1=O. The average molecular weight is 596 g/mol. The summed E-state index contributed by atoms with van der Waals surface area (Å²) in [7, 11) is 0. The molecule has 1 fully saturated rings. The largest absolute Gasteiger partial charge is 0.487 e. The number of amides is 2. The van der Waals surface area contributed by atoms with Crippen LogP contribution < -0.4 is 4.74 Å². The van der Waals surface area contributed by atoms with E-state index in [9.17, 15) is 14.4 Å². The van der Waals surface area contributed by atoms with Crippen LogP contribution in [0.1, 0.15) is 11.1 Å². The number of thioether (sulfide) groups is 1. The Morgan fingerprint density at radius 1 is 1.13 bits per heavy atom. The molecule has 3 rings (SSSR count). The lowest BCUT2D eigenvalue weighted by Crippen LogP contribution is -2.33. The highest BCUT2D eigenvalue weighted by Gasteiger charge is 2.36. The number of carbonyl (C=O) groups excluding carboxylic acids is 2. The van der Waals surface area contributed by atoms with Crippen LogP contribution in [0, 0.1) is 0 Å². The molecule has 30 heavy (non-hydrogen) atoms. The molecule has 0 radical (unpaired) electrons. The van der Waals surface area contributed by atoms with E-state index in [1.807, 2.05) is 0 Å². The maximum atomic E-state index is 12.3. The third-order valence-electron chi connectivity index (χ3n) is 3.85. The molecular weight excluding hydrogens is 585 g/mol. The second-order valence-corrected chi connectivity index (χ2v) is 9.53. The van der Waals surface area contributed by atoms with Crippen LogP contribution >= 0.6 is 66.8 Å². The van der Waals surface area contributed by atoms with Crippen molar-refractivity contribution in [2.24, 2.45) is 0 Å². The van der Waals surface area contributed by atoms with Crippen LogP contribution in [0.25, 0.3) is 6.08 Å². The third kappa shape index (κ3) is 5.39. The van der Waals surface area contributed by atoms with Crippen molar-refractivity contribution in [1.82, 2.24) is 4.90 Å². The number of benzene rings is 2. The van der Waals surface area contributed by atoms with Gasteiger partial charge in [-0.05, 0) is 85.1 Å². The number of halogens is 4. The molecule has 1 saturated heterocycles. The summed E-state index contributed by atoms with van der Waals surface area (Å²) in [6, 6.07) is 8.65. The molecule has 0 aliphatic carbocycles. The molecule has 156 valence electrons. The first kappa shape index (κ1) is 23.1. The maximum absolute atomic E-state index is 12.3. The van der Waals surface area contributed by atoms with E-state index >= 15 is 0 Å². The zero-order valence-electron chi connectivity index (χ0n) is 14.8. The summed E-state index contributed by atoms with van der Waals surface area (Å²) in [5.74, 6) is -1.36. The Labute approximate surface area is 202 Å². The number of aliphatic carboxylic acids is 1. The van der Waals surface area contributed by atoms with E-state index in [1.165, 1.54) is 6.08 Å². The van der Waals surface area contributed by atoms with E-state index in [2.05, 4.69) is 31.9 Å². The fourth-order valence-corrected chi connectivity index (χ4v) is 5.12. The number of carboxylic acids is 1. The Kier molecular flexibility index (Phi) is 7.52. The summed E-state index contributed by atoms with van der Waals surface area (Å²) in [6.07, 6.45) is 1.52. The first-order chi connectivity index (χ1) is 14.2. The van der Waals surface area contributed by atoms with Crippen LogP contribution in [0.5, 0.6) is 5.75 Å². The van der Waals surface area contributed by atoms with Gasteiger partial charge in [-0.3, -0.25) is 19.3 Å². The van der Waals surface area contributed by atoms with Crippen molar-refractivity contribution in [2.75, 3.05) is 6.54 Å². The van der Waals surface area contributed by atoms with Gasteiger partial charge in [-0.25, -0.2) is 0 Å². The summed E-state index contributed by atoms with van der Waals surface area (Å²) < 4.78 is 7.09. The van der Waals surface area contributed by atoms with Crippen molar-refractivity contribution >= 4 is 90.0 Å². The van der Waals surface area contributed by atoms with Gasteiger partial charge in [-0.15, -0.1) is 0 Å². The Hall–Kier alpha value is -1.52. The van der Waals surface area contributed by atoms with Crippen molar-refractivity contribution < 1.29 is 24.2 Å². The number of ether oxygens (including phenoxy) is 1. The van der Waals surface area contributed by atoms with Gasteiger partial charge in [0.25, 0.3) is 11.1 Å². The van der Waals surface area contributed by atoms with Gasteiger partial charge in [-0.1, -0.05) is 29.3 Å². The summed E-state index contributed by atoms with van der Waals surface area (Å²) in [5, 5.41) is 9.11. The molecular formula is C19H11Br2Cl2NO5S. The molecule has 0 bridgehead atoms. The summed E-state index contributed by atoms with van der Waals surface area (Å²) in [4.78, 5) is 35.8. The highest BCUT2D eigenvalue weighted by atomic mass is 79.9. The van der Waals surface area contributed by atoms with E-state index in [1.54, 1.807) is 30.3 Å². The molecule has 0 saturated carbocycles. The molecule has 0 atom stereocenters. The summed E-state index contributed by atoms with van der Waals surface area (Å²) in [6.45, 7) is -0.418. The quantitative estimate of drug-likeness (QED) is 0.399. The van der Waals surface area contributed by atoms with Crippen LogP contribution in [0.15, 0.2) is 44.2 Å². The number of imide groups is 1. The van der Waals surface area contributed by atoms with Crippen molar-refractivity contribution in [3.63, 3.8) is 0 Å². The molecule has 1 aliphatic heterocycles. The normalized spacial score (nSPS) is 15.2. The molecule has 0 unspecified atom stereocenters. The maximum Gasteiger partial charge on any atom is 0.323 e. The fourth-order valence-electron chi connectivity index (χ4n) is 2.51. The summed E-state index contributed by atoms with van der Waals surface area (Å²) in [5.41, 5.74) is 1.45. The van der Waals surface area contributed by atoms with Crippen LogP contribution in [0.4, 0.5) is 4.79 Å². The van der Waals surface area contributed by atoms with Gasteiger partial charge in [0.1, 0.15) is 18.9 Å². The minimum Gasteiger partial charge on any atom is -0.487 e. The number of carboxylic acid groups (broad SMARTS) is 1. The zero-order valence-corrected chi connectivity index (χ0v) is 20.3. The molecule has 6 nitrogen and oxygen atoms in total. The fraction of sp³-hybridized carbons (Fsp3) is 0.105. The highest BCUT2D eigenvalue weighted by Crippen LogP contribution is 2.38. The number of rotatable bonds is 6. The second-order valence-electron chi connectivity index (χ2n) is 6.01. The van der Waals surface area contributed by atoms with E-state index in [0.717, 1.165) is 5.56 Å². The third-order valence-corrected chi connectivity index (χ3v) is 6.68. The van der Waals surface area contributed by atoms with Gasteiger partial charge >= 0.3 is 5.97 Å². The number of carbonyl (C=O) groups is 3. The van der Waals surface area contributed by atoms with Gasteiger partial charge in [0.05, 0.1) is 23.9 Å². The van der Waals surface area contributed by atoms with E-state index in [-0.39, 0.29) is 11.5 Å². The van der Waals surface area contributed by atoms with Gasteiger partial charge in [-0.2, -0.15) is 0 Å². The predicted molar refractivity (Wildman–Crippen MR) is 123 cm³/mol. The first-order valence-electron chi connectivity index (χ1n) is 8.18. The average Bonchev–Trinajstić information content (AvgIpc) is 2.91. The monoisotopic (exact) mass is 593 g/mol. The molecule has 1 N–H and O–H groups in total. The molecule has 11 heteroatoms. The highest BCUT2D eigenvalue weighted by molar-refractivity contribution is 9.11. The first-order valence-corrected chi connectivity index (χ1v) is 11.3. The lowest BCUT2D eigenvalue weighted by molar-refractivity contribution is -0.140. The molecule has 0 aromatic heterocycles. The number of hydrogen-bond donors (Lipinski definition) is 1. The van der Waals surface area contributed by atoms with Crippen LogP contribution in [0.2, 0.25) is 10.0 Å². The van der Waals surface area contributed by atoms with Crippen molar-refractivity contribution in [3.8, 4) is 5.75 Å². The molecule has 1 heterocycles. The zero-order chi connectivity index (χ0) is 22.0. The molecule has 0 spiro atoms. The van der Waals surface area contributed by atoms with Gasteiger partial charge < -0.3 is 9.84 Å². The van der Waals surface area contributed by atoms with Crippen molar-refractivity contribution in [1.29, 1.82) is 0 Å². The lowest BCUT2D eigenvalue weighted by Gasteiger charge is -2.12. The number of nitrogens with zero attached hydrogens (tertiary/aromatic N) is 1. The van der Waals surface area contributed by atoms with E-state index in [4.69, 9.17) is 33.0 Å². The molecule has 2 aromatic rings. The Balaban J connectivity index is 1.78. The van der Waals surface area contributed by atoms with Gasteiger partial charge in [0.15, 0.2) is 0 Å². The summed E-state index contributed by atoms with van der Waals surface area (Å²) >= 11 is 19.5. The van der Waals surface area contributed by atoms with Gasteiger partial charge in [0.2, 0.25) is 0 Å². The van der Waals surface area contributed by atoms with E-state index < -0.39 is 23.7 Å². The topological polar surface area (TPSA) is 83.9 Å². The van der Waals surface area contributed by atoms with Crippen molar-refractivity contribution in [2.45, 2.75) is 6.61 Å². The Morgan fingerprint density at radius 2 is 1.80 bits per heavy atom. The second kappa shape index (κ2) is 9.74.